The topological polar surface area (TPSA) is 115 Å². The molecule has 4 N–H and O–H groups in total. The van der Waals surface area contributed by atoms with Crippen LogP contribution in [0.5, 0.6) is 5.75 Å². The van der Waals surface area contributed by atoms with E-state index in [4.69, 9.17) is 32.3 Å². The van der Waals surface area contributed by atoms with E-state index in [1.807, 2.05) is 4.57 Å². The van der Waals surface area contributed by atoms with Gasteiger partial charge in [0.15, 0.2) is 0 Å². The number of aliphatic carboxylic acids is 2. The van der Waals surface area contributed by atoms with Gasteiger partial charge >= 0.3 is 11.9 Å². The van der Waals surface area contributed by atoms with Gasteiger partial charge in [-0.2, -0.15) is 0 Å². The minimum atomic E-state index is -1.26. The molecule has 0 atom stereocenters. The standard InChI is InChI=1S/C11H12ClFN2O.C4H4O4/c1-16-9-6-15(5-4-14)8-3-2-7(13)11(12)10(8)9;5-3(6)1-2-4(7)8/h2-3,6H,4-5,14H2,1H3;1-2H,(H,5,6)(H,7,8). The Balaban J connectivity index is 0.000000307. The summed E-state index contributed by atoms with van der Waals surface area (Å²) in [5.74, 6) is -2.40. The Bertz CT molecular complexity index is 757. The lowest BCUT2D eigenvalue weighted by molar-refractivity contribution is -0.134. The first-order valence-corrected chi connectivity index (χ1v) is 7.04. The van der Waals surface area contributed by atoms with Crippen LogP contribution in [0.1, 0.15) is 0 Å². The van der Waals surface area contributed by atoms with Gasteiger partial charge in [-0.25, -0.2) is 14.0 Å². The number of benzene rings is 1. The molecule has 0 unspecified atom stereocenters. The van der Waals surface area contributed by atoms with Crippen LogP contribution in [-0.4, -0.2) is 40.4 Å². The first-order valence-electron chi connectivity index (χ1n) is 6.66. The molecule has 0 fully saturated rings. The first kappa shape index (κ1) is 19.5. The number of halogens is 2. The molecule has 0 saturated heterocycles. The number of carboxylic acid groups (broad SMARTS) is 2. The van der Waals surface area contributed by atoms with Crippen molar-refractivity contribution in [2.45, 2.75) is 6.54 Å². The van der Waals surface area contributed by atoms with Gasteiger partial charge in [-0.05, 0) is 12.1 Å². The molecular formula is C15H16ClFN2O5. The molecule has 0 aliphatic heterocycles. The van der Waals surface area contributed by atoms with Crippen LogP contribution >= 0.6 is 11.6 Å². The molecule has 0 amide bonds. The lowest BCUT2D eigenvalue weighted by atomic mass is 10.2. The van der Waals surface area contributed by atoms with Crippen LogP contribution in [0.4, 0.5) is 4.39 Å². The summed E-state index contributed by atoms with van der Waals surface area (Å²) in [6.07, 6.45) is 2.90. The minimum Gasteiger partial charge on any atom is -0.494 e. The second-order valence-corrected chi connectivity index (χ2v) is 4.82. The predicted octanol–water partition coefficient (Wildman–Crippen LogP) is 2.11. The van der Waals surface area contributed by atoms with E-state index in [2.05, 4.69) is 0 Å². The molecule has 0 radical (unpaired) electrons. The van der Waals surface area contributed by atoms with Crippen molar-refractivity contribution in [3.8, 4) is 5.75 Å². The Kier molecular flexibility index (Phi) is 7.22. The molecular weight excluding hydrogens is 343 g/mol. The fourth-order valence-electron chi connectivity index (χ4n) is 1.91. The fraction of sp³-hybridized carbons (Fsp3) is 0.200. The molecule has 0 saturated carbocycles. The van der Waals surface area contributed by atoms with E-state index in [0.29, 0.717) is 36.4 Å². The Morgan fingerprint density at radius 2 is 1.92 bits per heavy atom. The van der Waals surface area contributed by atoms with Crippen molar-refractivity contribution in [2.24, 2.45) is 5.73 Å². The quantitative estimate of drug-likeness (QED) is 0.705. The number of nitrogens with two attached hydrogens (primary N) is 1. The second-order valence-electron chi connectivity index (χ2n) is 4.44. The second kappa shape index (κ2) is 8.90. The van der Waals surface area contributed by atoms with Crippen LogP contribution in [0.25, 0.3) is 10.9 Å². The predicted molar refractivity (Wildman–Crippen MR) is 86.9 cm³/mol. The van der Waals surface area contributed by atoms with Crippen molar-refractivity contribution in [3.05, 3.63) is 41.3 Å². The molecule has 130 valence electrons. The van der Waals surface area contributed by atoms with Gasteiger partial charge in [0.05, 0.1) is 23.0 Å². The molecule has 1 aromatic heterocycles. The van der Waals surface area contributed by atoms with Crippen molar-refractivity contribution < 1.29 is 28.9 Å². The normalized spacial score (nSPS) is 10.5. The highest BCUT2D eigenvalue weighted by Gasteiger charge is 2.14. The van der Waals surface area contributed by atoms with Gasteiger partial charge < -0.3 is 25.3 Å². The SMILES string of the molecule is COc1cn(CCN)c2ccc(F)c(Cl)c12.O=C(O)C=CC(=O)O. The summed E-state index contributed by atoms with van der Waals surface area (Å²) in [5.41, 5.74) is 6.33. The molecule has 0 aliphatic carbocycles. The third-order valence-corrected chi connectivity index (χ3v) is 3.23. The number of carbonyl (C=O) groups is 2. The largest absolute Gasteiger partial charge is 0.494 e. The third kappa shape index (κ3) is 4.97. The van der Waals surface area contributed by atoms with Gasteiger partial charge in [-0.1, -0.05) is 11.6 Å². The number of hydrogen-bond donors (Lipinski definition) is 3. The van der Waals surface area contributed by atoms with Crippen molar-refractivity contribution in [2.75, 3.05) is 13.7 Å². The first-order chi connectivity index (χ1) is 11.3. The molecule has 24 heavy (non-hydrogen) atoms. The minimum absolute atomic E-state index is 0.0881. The van der Waals surface area contributed by atoms with E-state index in [0.717, 1.165) is 5.52 Å². The highest BCUT2D eigenvalue weighted by Crippen LogP contribution is 2.35. The van der Waals surface area contributed by atoms with Crippen LogP contribution in [0.15, 0.2) is 30.5 Å². The zero-order valence-electron chi connectivity index (χ0n) is 12.7. The molecule has 0 bridgehead atoms. The average molecular weight is 359 g/mol. The van der Waals surface area contributed by atoms with E-state index in [1.165, 1.54) is 13.2 Å². The van der Waals surface area contributed by atoms with E-state index >= 15 is 0 Å². The van der Waals surface area contributed by atoms with Crippen LogP contribution in [-0.2, 0) is 16.1 Å². The van der Waals surface area contributed by atoms with Crippen LogP contribution < -0.4 is 10.5 Å². The van der Waals surface area contributed by atoms with E-state index in [1.54, 1.807) is 12.3 Å². The van der Waals surface area contributed by atoms with Crippen molar-refractivity contribution in [1.29, 1.82) is 0 Å². The summed E-state index contributed by atoms with van der Waals surface area (Å²) in [7, 11) is 1.53. The monoisotopic (exact) mass is 358 g/mol. The van der Waals surface area contributed by atoms with Crippen LogP contribution in [0.3, 0.4) is 0 Å². The van der Waals surface area contributed by atoms with E-state index < -0.39 is 17.8 Å². The van der Waals surface area contributed by atoms with Crippen molar-refractivity contribution >= 4 is 34.4 Å². The smallest absolute Gasteiger partial charge is 0.328 e. The van der Waals surface area contributed by atoms with Gasteiger partial charge in [-0.15, -0.1) is 0 Å². The van der Waals surface area contributed by atoms with Gasteiger partial charge in [0.2, 0.25) is 0 Å². The third-order valence-electron chi connectivity index (χ3n) is 2.86. The summed E-state index contributed by atoms with van der Waals surface area (Å²) in [6, 6.07) is 3.02. The maximum atomic E-state index is 13.3. The van der Waals surface area contributed by atoms with Gasteiger partial charge in [0.1, 0.15) is 11.6 Å². The maximum absolute atomic E-state index is 13.3. The molecule has 0 aliphatic rings. The van der Waals surface area contributed by atoms with Gasteiger partial charge in [0.25, 0.3) is 0 Å². The number of rotatable bonds is 5. The molecule has 7 nitrogen and oxygen atoms in total. The highest BCUT2D eigenvalue weighted by molar-refractivity contribution is 6.36. The van der Waals surface area contributed by atoms with Crippen LogP contribution in [0.2, 0.25) is 5.02 Å². The fourth-order valence-corrected chi connectivity index (χ4v) is 2.16. The number of carboxylic acids is 2. The maximum Gasteiger partial charge on any atom is 0.328 e. The molecule has 2 aromatic rings. The summed E-state index contributed by atoms with van der Waals surface area (Å²) < 4.78 is 20.4. The highest BCUT2D eigenvalue weighted by atomic mass is 35.5. The zero-order chi connectivity index (χ0) is 18.3. The summed E-state index contributed by atoms with van der Waals surface area (Å²) >= 11 is 5.92. The lowest BCUT2D eigenvalue weighted by Crippen LogP contribution is -2.08. The molecule has 0 spiro atoms. The summed E-state index contributed by atoms with van der Waals surface area (Å²) in [4.78, 5) is 19.1. The Hall–Kier alpha value is -2.58. The van der Waals surface area contributed by atoms with E-state index in [9.17, 15) is 14.0 Å². The Morgan fingerprint density at radius 3 is 2.38 bits per heavy atom. The number of nitrogens with zero attached hydrogens (tertiary/aromatic N) is 1. The summed E-state index contributed by atoms with van der Waals surface area (Å²) in [5, 5.41) is 16.3. The van der Waals surface area contributed by atoms with Gasteiger partial charge in [0, 0.05) is 31.4 Å². The molecule has 2 rings (SSSR count). The number of fused-ring (bicyclic) bond motifs is 1. The number of aromatic nitrogens is 1. The average Bonchev–Trinajstić information content (AvgIpc) is 2.88. The van der Waals surface area contributed by atoms with Crippen molar-refractivity contribution in [1.82, 2.24) is 4.57 Å². The zero-order valence-corrected chi connectivity index (χ0v) is 13.5. The molecule has 9 heteroatoms. The number of methoxy groups -OCH3 is 1. The van der Waals surface area contributed by atoms with Crippen LogP contribution in [0, 0.1) is 5.82 Å². The summed E-state index contributed by atoms with van der Waals surface area (Å²) in [6.45, 7) is 1.14. The molecule has 1 aromatic carbocycles. The number of ether oxygens (including phenoxy) is 1. The number of hydrogen-bond acceptors (Lipinski definition) is 4. The van der Waals surface area contributed by atoms with E-state index in [-0.39, 0.29) is 5.02 Å². The van der Waals surface area contributed by atoms with Crippen molar-refractivity contribution in [3.63, 3.8) is 0 Å². The molecule has 1 heterocycles. The Labute approximate surface area is 141 Å². The Morgan fingerprint density at radius 1 is 1.33 bits per heavy atom. The lowest BCUT2D eigenvalue weighted by Gasteiger charge is -2.02. The van der Waals surface area contributed by atoms with Gasteiger partial charge in [-0.3, -0.25) is 0 Å².